The number of amides is 1. The van der Waals surface area contributed by atoms with Gasteiger partial charge in [-0.05, 0) is 55.8 Å². The van der Waals surface area contributed by atoms with Crippen molar-refractivity contribution in [1.82, 2.24) is 9.88 Å². The summed E-state index contributed by atoms with van der Waals surface area (Å²) < 4.78 is 15.1. The Bertz CT molecular complexity index is 1180. The lowest BCUT2D eigenvalue weighted by atomic mass is 9.96. The number of carboxylic acid groups (broad SMARTS) is 1. The minimum absolute atomic E-state index is 0.0313. The molecule has 1 heterocycles. The summed E-state index contributed by atoms with van der Waals surface area (Å²) >= 11 is 0. The number of nitrogens with one attached hydrogen (secondary N) is 1. The molecule has 0 spiro atoms. The molecule has 162 valence electrons. The predicted molar refractivity (Wildman–Crippen MR) is 113 cm³/mol. The van der Waals surface area contributed by atoms with Gasteiger partial charge in [0.1, 0.15) is 11.6 Å². The Labute approximate surface area is 178 Å². The zero-order valence-corrected chi connectivity index (χ0v) is 17.3. The van der Waals surface area contributed by atoms with Crippen LogP contribution >= 0.6 is 0 Å². The third kappa shape index (κ3) is 4.28. The number of phenols is 1. The molecule has 0 saturated carbocycles. The maximum absolute atomic E-state index is 13.7. The Hall–Kier alpha value is -3.68. The lowest BCUT2D eigenvalue weighted by Crippen LogP contribution is -2.34. The molecule has 7 nitrogen and oxygen atoms in total. The van der Waals surface area contributed by atoms with Crippen molar-refractivity contribution in [2.24, 2.45) is 5.92 Å². The zero-order chi connectivity index (χ0) is 22.9. The van der Waals surface area contributed by atoms with Crippen LogP contribution in [0.25, 0.3) is 10.9 Å². The normalized spacial score (nSPS) is 13.0. The molecule has 3 N–H and O–H groups in total. The van der Waals surface area contributed by atoms with Crippen molar-refractivity contribution in [1.29, 1.82) is 0 Å². The molecule has 31 heavy (non-hydrogen) atoms. The van der Waals surface area contributed by atoms with E-state index in [1.165, 1.54) is 41.8 Å². The van der Waals surface area contributed by atoms with Crippen LogP contribution in [0.5, 0.6) is 5.75 Å². The van der Waals surface area contributed by atoms with E-state index in [0.717, 1.165) is 6.07 Å². The first-order valence-corrected chi connectivity index (χ1v) is 9.76. The number of fused-ring (bicyclic) bond motifs is 1. The van der Waals surface area contributed by atoms with E-state index < -0.39 is 35.4 Å². The molecule has 0 saturated heterocycles. The highest BCUT2D eigenvalue weighted by Gasteiger charge is 2.27. The van der Waals surface area contributed by atoms with E-state index in [2.05, 4.69) is 5.32 Å². The van der Waals surface area contributed by atoms with Gasteiger partial charge in [-0.25, -0.2) is 4.39 Å². The third-order valence-corrected chi connectivity index (χ3v) is 5.34. The standard InChI is InChI=1S/C23H23FN2O5/c1-12(23(30)31)11-25-21(28)13(2)20-14(3)26(19-8-7-17(27)10-18(19)20)22(29)15-5-4-6-16(24)9-15/h4-10,12-13,27H,11H2,1-3H3,(H,25,28)(H,30,31). The van der Waals surface area contributed by atoms with Crippen molar-refractivity contribution in [2.45, 2.75) is 26.7 Å². The lowest BCUT2D eigenvalue weighted by Gasteiger charge is -2.15. The van der Waals surface area contributed by atoms with Gasteiger partial charge < -0.3 is 15.5 Å². The van der Waals surface area contributed by atoms with Crippen LogP contribution in [-0.2, 0) is 9.59 Å². The van der Waals surface area contributed by atoms with Crippen LogP contribution in [-0.4, -0.2) is 39.1 Å². The number of hydrogen-bond donors (Lipinski definition) is 3. The predicted octanol–water partition coefficient (Wildman–Crippen LogP) is 3.42. The number of carbonyl (C=O) groups is 3. The van der Waals surface area contributed by atoms with E-state index in [9.17, 15) is 23.9 Å². The average Bonchev–Trinajstić information content (AvgIpc) is 3.01. The maximum Gasteiger partial charge on any atom is 0.308 e. The lowest BCUT2D eigenvalue weighted by molar-refractivity contribution is -0.141. The quantitative estimate of drug-likeness (QED) is 0.560. The monoisotopic (exact) mass is 426 g/mol. The number of aromatic nitrogens is 1. The van der Waals surface area contributed by atoms with Crippen LogP contribution in [0.15, 0.2) is 42.5 Å². The summed E-state index contributed by atoms with van der Waals surface area (Å²) in [5, 5.41) is 22.1. The van der Waals surface area contributed by atoms with Crippen molar-refractivity contribution in [2.75, 3.05) is 6.54 Å². The zero-order valence-electron chi connectivity index (χ0n) is 17.3. The summed E-state index contributed by atoms with van der Waals surface area (Å²) in [4.78, 5) is 36.9. The molecule has 2 atom stereocenters. The average molecular weight is 426 g/mol. The van der Waals surface area contributed by atoms with Gasteiger partial charge in [-0.1, -0.05) is 13.0 Å². The molecule has 0 radical (unpaired) electrons. The number of benzene rings is 2. The first kappa shape index (κ1) is 22.0. The highest BCUT2D eigenvalue weighted by molar-refractivity contribution is 6.05. The molecule has 2 unspecified atom stereocenters. The fraction of sp³-hybridized carbons (Fsp3) is 0.261. The number of halogens is 1. The van der Waals surface area contributed by atoms with E-state index in [-0.39, 0.29) is 17.9 Å². The Kier molecular flexibility index (Phi) is 6.10. The van der Waals surface area contributed by atoms with E-state index in [1.807, 2.05) is 0 Å². The van der Waals surface area contributed by atoms with Crippen molar-refractivity contribution in [3.05, 3.63) is 65.1 Å². The molecule has 8 heteroatoms. The smallest absolute Gasteiger partial charge is 0.308 e. The Morgan fingerprint density at radius 1 is 1.13 bits per heavy atom. The number of hydrogen-bond acceptors (Lipinski definition) is 4. The molecule has 0 fully saturated rings. The molecule has 0 aliphatic carbocycles. The summed E-state index contributed by atoms with van der Waals surface area (Å²) in [6.07, 6.45) is 0. The largest absolute Gasteiger partial charge is 0.508 e. The number of phenolic OH excluding ortho intramolecular Hbond substituents is 1. The minimum atomic E-state index is -1.02. The maximum atomic E-state index is 13.7. The molecule has 1 aromatic heterocycles. The number of carbonyl (C=O) groups excluding carboxylic acids is 2. The molecule has 3 rings (SSSR count). The molecule has 1 amide bonds. The molecule has 0 aliphatic rings. The van der Waals surface area contributed by atoms with Gasteiger partial charge in [-0.3, -0.25) is 19.0 Å². The second kappa shape index (κ2) is 8.59. The van der Waals surface area contributed by atoms with Gasteiger partial charge in [-0.2, -0.15) is 0 Å². The summed E-state index contributed by atoms with van der Waals surface area (Å²) in [7, 11) is 0. The van der Waals surface area contributed by atoms with Gasteiger partial charge in [0.05, 0.1) is 17.4 Å². The highest BCUT2D eigenvalue weighted by atomic mass is 19.1. The van der Waals surface area contributed by atoms with Gasteiger partial charge in [0, 0.05) is 23.2 Å². The van der Waals surface area contributed by atoms with Crippen LogP contribution in [0.2, 0.25) is 0 Å². The van der Waals surface area contributed by atoms with Crippen molar-refractivity contribution >= 4 is 28.7 Å². The van der Waals surface area contributed by atoms with E-state index >= 15 is 0 Å². The van der Waals surface area contributed by atoms with Gasteiger partial charge in [0.25, 0.3) is 5.91 Å². The number of carboxylic acids is 1. The van der Waals surface area contributed by atoms with Crippen LogP contribution in [0, 0.1) is 18.7 Å². The molecule has 3 aromatic rings. The van der Waals surface area contributed by atoms with E-state index in [0.29, 0.717) is 22.2 Å². The van der Waals surface area contributed by atoms with Crippen LogP contribution < -0.4 is 5.32 Å². The summed E-state index contributed by atoms with van der Waals surface area (Å²) in [6.45, 7) is 4.76. The highest BCUT2D eigenvalue weighted by Crippen LogP contribution is 2.34. The number of aliphatic carboxylic acids is 1. The molecule has 0 aliphatic heterocycles. The van der Waals surface area contributed by atoms with E-state index in [4.69, 9.17) is 5.11 Å². The first-order valence-electron chi connectivity index (χ1n) is 9.76. The Balaban J connectivity index is 2.07. The van der Waals surface area contributed by atoms with Crippen molar-refractivity contribution in [3.63, 3.8) is 0 Å². The van der Waals surface area contributed by atoms with Crippen molar-refractivity contribution in [3.8, 4) is 5.75 Å². The SMILES string of the molecule is Cc1c(C(C)C(=O)NCC(C)C(=O)O)c2cc(O)ccc2n1C(=O)c1cccc(F)c1. The van der Waals surface area contributed by atoms with Crippen molar-refractivity contribution < 1.29 is 29.0 Å². The summed E-state index contributed by atoms with van der Waals surface area (Å²) in [5.74, 6) is -3.95. The van der Waals surface area contributed by atoms with Gasteiger partial charge in [-0.15, -0.1) is 0 Å². The second-order valence-electron chi connectivity index (χ2n) is 7.56. The number of aromatic hydroxyl groups is 1. The third-order valence-electron chi connectivity index (χ3n) is 5.34. The molecule has 0 bridgehead atoms. The fourth-order valence-corrected chi connectivity index (χ4v) is 3.61. The Morgan fingerprint density at radius 3 is 2.48 bits per heavy atom. The van der Waals surface area contributed by atoms with Gasteiger partial charge >= 0.3 is 5.97 Å². The summed E-state index contributed by atoms with van der Waals surface area (Å²) in [5.41, 5.74) is 1.62. The van der Waals surface area contributed by atoms with Crippen LogP contribution in [0.3, 0.4) is 0 Å². The fourth-order valence-electron chi connectivity index (χ4n) is 3.61. The van der Waals surface area contributed by atoms with Gasteiger partial charge in [0.15, 0.2) is 0 Å². The second-order valence-corrected chi connectivity index (χ2v) is 7.56. The Morgan fingerprint density at radius 2 is 1.84 bits per heavy atom. The van der Waals surface area contributed by atoms with Crippen LogP contribution in [0.4, 0.5) is 4.39 Å². The van der Waals surface area contributed by atoms with E-state index in [1.54, 1.807) is 19.9 Å². The number of nitrogens with zero attached hydrogens (tertiary/aromatic N) is 1. The van der Waals surface area contributed by atoms with Crippen LogP contribution in [0.1, 0.15) is 41.4 Å². The molecular formula is C23H23FN2O5. The summed E-state index contributed by atoms with van der Waals surface area (Å²) in [6, 6.07) is 9.78. The molecular weight excluding hydrogens is 403 g/mol. The minimum Gasteiger partial charge on any atom is -0.508 e. The first-order chi connectivity index (χ1) is 14.6. The number of rotatable bonds is 6. The topological polar surface area (TPSA) is 109 Å². The van der Waals surface area contributed by atoms with Gasteiger partial charge in [0.2, 0.25) is 5.91 Å². The molecule has 2 aromatic carbocycles.